The van der Waals surface area contributed by atoms with Crippen LogP contribution in [0, 0.1) is 5.92 Å². The van der Waals surface area contributed by atoms with Gasteiger partial charge in [0, 0.05) is 5.56 Å². The number of benzene rings is 2. The van der Waals surface area contributed by atoms with Crippen LogP contribution in [0.2, 0.25) is 0 Å². The number of nitrogens with one attached hydrogen (secondary N) is 2. The van der Waals surface area contributed by atoms with E-state index in [2.05, 4.69) is 31.8 Å². The van der Waals surface area contributed by atoms with Gasteiger partial charge in [-0.3, -0.25) is 9.59 Å². The van der Waals surface area contributed by atoms with Crippen molar-refractivity contribution < 1.29 is 23.8 Å². The highest BCUT2D eigenvalue weighted by Crippen LogP contribution is 2.36. The average Bonchev–Trinajstić information content (AvgIpc) is 2.78. The maximum absolute atomic E-state index is 12.7. The van der Waals surface area contributed by atoms with Crippen LogP contribution >= 0.6 is 15.9 Å². The molecule has 0 aromatic heterocycles. The van der Waals surface area contributed by atoms with Gasteiger partial charge in [0.05, 0.1) is 31.5 Å². The number of hydrogen-bond acceptors (Lipinski definition) is 6. The van der Waals surface area contributed by atoms with Crippen molar-refractivity contribution in [2.24, 2.45) is 11.0 Å². The van der Waals surface area contributed by atoms with E-state index >= 15 is 0 Å². The summed E-state index contributed by atoms with van der Waals surface area (Å²) in [4.78, 5) is 25.2. The quantitative estimate of drug-likeness (QED) is 0.378. The number of carbonyl (C=O) groups is 2. The lowest BCUT2D eigenvalue weighted by molar-refractivity contribution is -0.123. The van der Waals surface area contributed by atoms with E-state index < -0.39 is 11.9 Å². The van der Waals surface area contributed by atoms with Crippen LogP contribution in [0.3, 0.4) is 0 Å². The summed E-state index contributed by atoms with van der Waals surface area (Å²) in [6.07, 6.45) is 1.49. The lowest BCUT2D eigenvalue weighted by Gasteiger charge is -2.20. The van der Waals surface area contributed by atoms with Gasteiger partial charge in [0.25, 0.3) is 11.8 Å². The Hall–Kier alpha value is -3.07. The molecule has 0 bridgehead atoms. The fraction of sp³-hybridized carbons (Fsp3) is 0.348. The first-order valence-corrected chi connectivity index (χ1v) is 10.9. The van der Waals surface area contributed by atoms with Gasteiger partial charge in [-0.05, 0) is 70.7 Å². The zero-order valence-corrected chi connectivity index (χ0v) is 20.4. The Morgan fingerprint density at radius 2 is 1.81 bits per heavy atom. The maximum atomic E-state index is 12.7. The van der Waals surface area contributed by atoms with Gasteiger partial charge in [-0.15, -0.1) is 0 Å². The van der Waals surface area contributed by atoms with E-state index in [1.807, 2.05) is 20.8 Å². The molecule has 1 atom stereocenters. The Labute approximate surface area is 196 Å². The number of hydrogen-bond donors (Lipinski definition) is 2. The SMILES string of the molecule is CCOc1c(Br)cc(C=NNC(=O)C(NC(=O)c2ccc(OC)cc2)C(C)C)cc1OC. The highest BCUT2D eigenvalue weighted by Gasteiger charge is 2.24. The third-order valence-electron chi connectivity index (χ3n) is 4.52. The first kappa shape index (κ1) is 25.2. The summed E-state index contributed by atoms with van der Waals surface area (Å²) in [5, 5.41) is 6.79. The Balaban J connectivity index is 2.07. The van der Waals surface area contributed by atoms with Gasteiger partial charge in [-0.25, -0.2) is 5.43 Å². The molecule has 2 N–H and O–H groups in total. The number of ether oxygens (including phenoxy) is 3. The summed E-state index contributed by atoms with van der Waals surface area (Å²) in [5.74, 6) is 0.859. The summed E-state index contributed by atoms with van der Waals surface area (Å²) in [6.45, 7) is 6.07. The number of methoxy groups -OCH3 is 2. The van der Waals surface area contributed by atoms with Crippen molar-refractivity contribution in [3.05, 3.63) is 52.0 Å². The molecule has 2 aromatic carbocycles. The standard InChI is InChI=1S/C23H28BrN3O5/c1-6-32-21-18(24)11-15(12-19(21)31-5)13-25-27-23(29)20(14(2)3)26-22(28)16-7-9-17(30-4)10-8-16/h7-14,20H,6H2,1-5H3,(H,26,28)(H,27,29). The lowest BCUT2D eigenvalue weighted by atomic mass is 10.0. The molecule has 2 aromatic rings. The number of rotatable bonds is 10. The van der Waals surface area contributed by atoms with Crippen LogP contribution in [0.5, 0.6) is 17.2 Å². The Kier molecular flexibility index (Phi) is 9.52. The first-order valence-electron chi connectivity index (χ1n) is 10.1. The molecule has 8 nitrogen and oxygen atoms in total. The third-order valence-corrected chi connectivity index (χ3v) is 5.11. The molecule has 32 heavy (non-hydrogen) atoms. The molecule has 0 aliphatic heterocycles. The summed E-state index contributed by atoms with van der Waals surface area (Å²) >= 11 is 3.45. The predicted molar refractivity (Wildman–Crippen MR) is 127 cm³/mol. The molecule has 0 heterocycles. The summed E-state index contributed by atoms with van der Waals surface area (Å²) in [7, 11) is 3.10. The Morgan fingerprint density at radius 1 is 1.12 bits per heavy atom. The van der Waals surface area contributed by atoms with Crippen LogP contribution in [0.1, 0.15) is 36.7 Å². The van der Waals surface area contributed by atoms with Crippen LogP contribution in [0.15, 0.2) is 46.0 Å². The van der Waals surface area contributed by atoms with E-state index in [0.29, 0.717) is 39.5 Å². The van der Waals surface area contributed by atoms with E-state index in [1.165, 1.54) is 6.21 Å². The smallest absolute Gasteiger partial charge is 0.262 e. The second kappa shape index (κ2) is 12.1. The van der Waals surface area contributed by atoms with E-state index in [-0.39, 0.29) is 11.8 Å². The summed E-state index contributed by atoms with van der Waals surface area (Å²) < 4.78 is 16.7. The Morgan fingerprint density at radius 3 is 2.38 bits per heavy atom. The largest absolute Gasteiger partial charge is 0.497 e. The first-order chi connectivity index (χ1) is 15.3. The molecule has 172 valence electrons. The van der Waals surface area contributed by atoms with E-state index in [4.69, 9.17) is 14.2 Å². The maximum Gasteiger partial charge on any atom is 0.262 e. The normalized spacial score (nSPS) is 11.8. The number of carbonyl (C=O) groups excluding carboxylic acids is 2. The zero-order chi connectivity index (χ0) is 23.7. The van der Waals surface area contributed by atoms with Crippen molar-refractivity contribution in [3.8, 4) is 17.2 Å². The van der Waals surface area contributed by atoms with E-state index in [0.717, 1.165) is 0 Å². The number of amides is 2. The van der Waals surface area contributed by atoms with Gasteiger partial charge in [-0.2, -0.15) is 5.10 Å². The second-order valence-electron chi connectivity index (χ2n) is 7.13. The molecular weight excluding hydrogens is 478 g/mol. The van der Waals surface area contributed by atoms with Crippen LogP contribution in [0.25, 0.3) is 0 Å². The van der Waals surface area contributed by atoms with Gasteiger partial charge in [-0.1, -0.05) is 13.8 Å². The molecule has 0 saturated carbocycles. The fourth-order valence-corrected chi connectivity index (χ4v) is 3.41. The van der Waals surface area contributed by atoms with Crippen LogP contribution in [0.4, 0.5) is 0 Å². The molecule has 2 rings (SSSR count). The highest BCUT2D eigenvalue weighted by atomic mass is 79.9. The molecule has 0 aliphatic carbocycles. The minimum absolute atomic E-state index is 0.146. The molecule has 0 radical (unpaired) electrons. The van der Waals surface area contributed by atoms with Crippen molar-refractivity contribution in [2.75, 3.05) is 20.8 Å². The molecule has 0 fully saturated rings. The minimum atomic E-state index is -0.761. The van der Waals surface area contributed by atoms with Crippen LogP contribution < -0.4 is 25.0 Å². The van der Waals surface area contributed by atoms with E-state index in [1.54, 1.807) is 50.6 Å². The van der Waals surface area contributed by atoms with Gasteiger partial charge >= 0.3 is 0 Å². The molecule has 0 saturated heterocycles. The van der Waals surface area contributed by atoms with Crippen molar-refractivity contribution in [1.82, 2.24) is 10.7 Å². The second-order valence-corrected chi connectivity index (χ2v) is 7.98. The van der Waals surface area contributed by atoms with Crippen LogP contribution in [-0.2, 0) is 4.79 Å². The molecule has 9 heteroatoms. The molecule has 2 amide bonds. The third kappa shape index (κ3) is 6.71. The predicted octanol–water partition coefficient (Wildman–Crippen LogP) is 3.77. The number of nitrogens with zero attached hydrogens (tertiary/aromatic N) is 1. The van der Waals surface area contributed by atoms with Gasteiger partial charge in [0.2, 0.25) is 0 Å². The van der Waals surface area contributed by atoms with Crippen LogP contribution in [-0.4, -0.2) is 44.9 Å². The monoisotopic (exact) mass is 505 g/mol. The van der Waals surface area contributed by atoms with Gasteiger partial charge in [0.1, 0.15) is 11.8 Å². The van der Waals surface area contributed by atoms with Crippen molar-refractivity contribution in [3.63, 3.8) is 0 Å². The average molecular weight is 506 g/mol. The van der Waals surface area contributed by atoms with Crippen molar-refractivity contribution in [2.45, 2.75) is 26.8 Å². The zero-order valence-electron chi connectivity index (χ0n) is 18.8. The highest BCUT2D eigenvalue weighted by molar-refractivity contribution is 9.10. The molecule has 0 aliphatic rings. The number of hydrazone groups is 1. The summed E-state index contributed by atoms with van der Waals surface area (Å²) in [6, 6.07) is 9.44. The van der Waals surface area contributed by atoms with Gasteiger partial charge < -0.3 is 19.5 Å². The summed E-state index contributed by atoms with van der Waals surface area (Å²) in [5.41, 5.74) is 3.62. The lowest BCUT2D eigenvalue weighted by Crippen LogP contribution is -2.48. The molecular formula is C23H28BrN3O5. The fourth-order valence-electron chi connectivity index (χ4n) is 2.84. The minimum Gasteiger partial charge on any atom is -0.497 e. The van der Waals surface area contributed by atoms with Crippen molar-refractivity contribution >= 4 is 34.0 Å². The Bertz CT molecular complexity index is 961. The topological polar surface area (TPSA) is 98.2 Å². The van der Waals surface area contributed by atoms with Gasteiger partial charge in [0.15, 0.2) is 11.5 Å². The van der Waals surface area contributed by atoms with Crippen molar-refractivity contribution in [1.29, 1.82) is 0 Å². The number of halogens is 1. The van der Waals surface area contributed by atoms with E-state index in [9.17, 15) is 9.59 Å². The molecule has 1 unspecified atom stereocenters. The molecule has 0 spiro atoms.